The van der Waals surface area contributed by atoms with E-state index in [9.17, 15) is 9.90 Å². The minimum Gasteiger partial charge on any atom is -0.480 e. The quantitative estimate of drug-likeness (QED) is 0.834. The number of nitrogens with one attached hydrogen (secondary N) is 1. The summed E-state index contributed by atoms with van der Waals surface area (Å²) in [6.07, 6.45) is 1.33. The highest BCUT2D eigenvalue weighted by molar-refractivity contribution is 6.30. The van der Waals surface area contributed by atoms with E-state index in [4.69, 9.17) is 11.6 Å². The lowest BCUT2D eigenvalue weighted by atomic mass is 9.91. The third-order valence-corrected chi connectivity index (χ3v) is 3.37. The van der Waals surface area contributed by atoms with Gasteiger partial charge in [0.05, 0.1) is 0 Å². The maximum absolute atomic E-state index is 11.5. The van der Waals surface area contributed by atoms with Gasteiger partial charge in [0, 0.05) is 17.5 Å². The van der Waals surface area contributed by atoms with Crippen LogP contribution in [0.15, 0.2) is 24.3 Å². The van der Waals surface area contributed by atoms with E-state index in [0.29, 0.717) is 11.4 Å². The lowest BCUT2D eigenvalue weighted by Crippen LogP contribution is -2.54. The minimum absolute atomic E-state index is 0.165. The van der Waals surface area contributed by atoms with Crippen molar-refractivity contribution in [2.45, 2.75) is 45.2 Å². The van der Waals surface area contributed by atoms with Gasteiger partial charge in [-0.05, 0) is 38.0 Å². The first kappa shape index (κ1) is 15.0. The second kappa shape index (κ2) is 6.21. The van der Waals surface area contributed by atoms with Crippen molar-refractivity contribution in [3.8, 4) is 0 Å². The minimum atomic E-state index is -0.955. The molecule has 1 rings (SSSR count). The van der Waals surface area contributed by atoms with Gasteiger partial charge in [-0.15, -0.1) is 0 Å². The lowest BCUT2D eigenvalue weighted by Gasteiger charge is -2.30. The van der Waals surface area contributed by atoms with E-state index in [1.165, 1.54) is 0 Å². The summed E-state index contributed by atoms with van der Waals surface area (Å²) in [5.41, 5.74) is 0.00333. The largest absolute Gasteiger partial charge is 0.480 e. The molecule has 0 amide bonds. The highest BCUT2D eigenvalue weighted by Gasteiger charge is 2.33. The van der Waals surface area contributed by atoms with Crippen LogP contribution in [0.25, 0.3) is 0 Å². The van der Waals surface area contributed by atoms with Gasteiger partial charge in [-0.1, -0.05) is 30.7 Å². The van der Waals surface area contributed by atoms with Crippen LogP contribution in [0.1, 0.15) is 32.8 Å². The number of rotatable bonds is 6. The molecule has 0 heterocycles. The van der Waals surface area contributed by atoms with Gasteiger partial charge in [0.1, 0.15) is 5.54 Å². The Balaban J connectivity index is 2.85. The van der Waals surface area contributed by atoms with Crippen LogP contribution < -0.4 is 5.32 Å². The van der Waals surface area contributed by atoms with Gasteiger partial charge in [0.25, 0.3) is 0 Å². The van der Waals surface area contributed by atoms with Crippen LogP contribution in [-0.4, -0.2) is 22.7 Å². The van der Waals surface area contributed by atoms with E-state index >= 15 is 0 Å². The van der Waals surface area contributed by atoms with E-state index < -0.39 is 11.5 Å². The van der Waals surface area contributed by atoms with Crippen molar-refractivity contribution < 1.29 is 9.90 Å². The first-order valence-corrected chi connectivity index (χ1v) is 6.50. The predicted molar refractivity (Wildman–Crippen MR) is 74.1 cm³/mol. The Kier molecular flexibility index (Phi) is 5.17. The van der Waals surface area contributed by atoms with Crippen molar-refractivity contribution in [1.82, 2.24) is 5.32 Å². The molecule has 2 unspecified atom stereocenters. The van der Waals surface area contributed by atoms with Crippen LogP contribution in [0.3, 0.4) is 0 Å². The van der Waals surface area contributed by atoms with Crippen molar-refractivity contribution in [2.24, 2.45) is 0 Å². The molecule has 0 aliphatic heterocycles. The molecule has 2 N–H and O–H groups in total. The molecule has 2 atom stereocenters. The summed E-state index contributed by atoms with van der Waals surface area (Å²) in [5, 5.41) is 13.2. The van der Waals surface area contributed by atoms with Gasteiger partial charge < -0.3 is 5.11 Å². The van der Waals surface area contributed by atoms with Crippen molar-refractivity contribution >= 4 is 17.6 Å². The van der Waals surface area contributed by atoms with Crippen LogP contribution in [0.5, 0.6) is 0 Å². The van der Waals surface area contributed by atoms with E-state index in [1.807, 2.05) is 26.0 Å². The third-order valence-electron chi connectivity index (χ3n) is 3.12. The first-order valence-electron chi connectivity index (χ1n) is 6.13. The fourth-order valence-corrected chi connectivity index (χ4v) is 1.97. The van der Waals surface area contributed by atoms with E-state index in [0.717, 1.165) is 12.0 Å². The van der Waals surface area contributed by atoms with E-state index in [1.54, 1.807) is 19.1 Å². The summed E-state index contributed by atoms with van der Waals surface area (Å²) in [4.78, 5) is 11.5. The third kappa shape index (κ3) is 4.00. The molecule has 0 bridgehead atoms. The second-order valence-electron chi connectivity index (χ2n) is 4.89. The molecular weight excluding hydrogens is 250 g/mol. The molecule has 18 heavy (non-hydrogen) atoms. The maximum Gasteiger partial charge on any atom is 0.323 e. The molecule has 0 radical (unpaired) electrons. The summed E-state index contributed by atoms with van der Waals surface area (Å²) in [6.45, 7) is 5.74. The van der Waals surface area contributed by atoms with Gasteiger partial charge in [0.2, 0.25) is 0 Å². The Labute approximate surface area is 113 Å². The number of benzene rings is 1. The Morgan fingerprint density at radius 1 is 1.44 bits per heavy atom. The fraction of sp³-hybridized carbons (Fsp3) is 0.500. The zero-order chi connectivity index (χ0) is 13.8. The van der Waals surface area contributed by atoms with E-state index in [-0.39, 0.29) is 6.04 Å². The number of hydrogen-bond acceptors (Lipinski definition) is 2. The van der Waals surface area contributed by atoms with Gasteiger partial charge in [0.15, 0.2) is 0 Å². The predicted octanol–water partition coefficient (Wildman–Crippen LogP) is 3.11. The van der Waals surface area contributed by atoms with Crippen molar-refractivity contribution in [3.05, 3.63) is 34.9 Å². The van der Waals surface area contributed by atoms with Gasteiger partial charge >= 0.3 is 5.97 Å². The molecule has 0 saturated carbocycles. The zero-order valence-corrected chi connectivity index (χ0v) is 11.8. The smallest absolute Gasteiger partial charge is 0.323 e. The number of carboxylic acids is 1. The molecule has 0 spiro atoms. The molecule has 0 saturated heterocycles. The number of carbonyl (C=O) groups is 1. The molecule has 0 aliphatic rings. The number of aliphatic carboxylic acids is 1. The Morgan fingerprint density at radius 2 is 2.00 bits per heavy atom. The van der Waals surface area contributed by atoms with Gasteiger partial charge in [-0.3, -0.25) is 10.1 Å². The van der Waals surface area contributed by atoms with E-state index in [2.05, 4.69) is 5.32 Å². The summed E-state index contributed by atoms with van der Waals surface area (Å²) in [5.74, 6) is -0.835. The molecule has 1 aromatic rings. The summed E-state index contributed by atoms with van der Waals surface area (Å²) in [7, 11) is 0. The van der Waals surface area contributed by atoms with Crippen molar-refractivity contribution in [3.63, 3.8) is 0 Å². The van der Waals surface area contributed by atoms with Gasteiger partial charge in [-0.25, -0.2) is 0 Å². The SMILES string of the molecule is CCC(C)NC(C)(Cc1ccc(Cl)cc1)C(=O)O. The molecule has 0 aliphatic carbocycles. The number of carboxylic acid groups (broad SMARTS) is 1. The van der Waals surface area contributed by atoms with Crippen LogP contribution >= 0.6 is 11.6 Å². The van der Waals surface area contributed by atoms with Crippen LogP contribution in [-0.2, 0) is 11.2 Å². The fourth-order valence-electron chi connectivity index (χ4n) is 1.84. The monoisotopic (exact) mass is 269 g/mol. The summed E-state index contributed by atoms with van der Waals surface area (Å²) < 4.78 is 0. The summed E-state index contributed by atoms with van der Waals surface area (Å²) in [6, 6.07) is 7.45. The van der Waals surface area contributed by atoms with Crippen molar-refractivity contribution in [1.29, 1.82) is 0 Å². The van der Waals surface area contributed by atoms with Gasteiger partial charge in [-0.2, -0.15) is 0 Å². The van der Waals surface area contributed by atoms with Crippen molar-refractivity contribution in [2.75, 3.05) is 0 Å². The average molecular weight is 270 g/mol. The lowest BCUT2D eigenvalue weighted by molar-refractivity contribution is -0.144. The first-order chi connectivity index (χ1) is 8.37. The Hall–Kier alpha value is -1.06. The molecule has 100 valence electrons. The Bertz CT molecular complexity index is 405. The summed E-state index contributed by atoms with van der Waals surface area (Å²) >= 11 is 5.82. The second-order valence-corrected chi connectivity index (χ2v) is 5.33. The van der Waals surface area contributed by atoms with Crippen LogP contribution in [0.4, 0.5) is 0 Å². The maximum atomic E-state index is 11.5. The molecule has 1 aromatic carbocycles. The number of hydrogen-bond donors (Lipinski definition) is 2. The molecular formula is C14H20ClNO2. The zero-order valence-electron chi connectivity index (χ0n) is 11.0. The molecule has 0 fully saturated rings. The highest BCUT2D eigenvalue weighted by atomic mass is 35.5. The standard InChI is InChI=1S/C14H20ClNO2/c1-4-10(2)16-14(3,13(17)18)9-11-5-7-12(15)8-6-11/h5-8,10,16H,4,9H2,1-3H3,(H,17,18). The molecule has 0 aromatic heterocycles. The molecule has 4 heteroatoms. The van der Waals surface area contributed by atoms with Crippen LogP contribution in [0, 0.1) is 0 Å². The van der Waals surface area contributed by atoms with Crippen LogP contribution in [0.2, 0.25) is 5.02 Å². The average Bonchev–Trinajstić information content (AvgIpc) is 2.31. The normalized spacial score (nSPS) is 16.0. The molecule has 3 nitrogen and oxygen atoms in total. The topological polar surface area (TPSA) is 49.3 Å². The number of halogens is 1. The Morgan fingerprint density at radius 3 is 2.44 bits per heavy atom. The highest BCUT2D eigenvalue weighted by Crippen LogP contribution is 2.17.